The molecule has 1 atom stereocenters. The molecule has 8 heteroatoms. The number of anilines is 1. The van der Waals surface area contributed by atoms with Crippen LogP contribution in [-0.2, 0) is 14.8 Å². The highest BCUT2D eigenvalue weighted by atomic mass is 32.2. The van der Waals surface area contributed by atoms with Crippen molar-refractivity contribution in [3.05, 3.63) is 59.7 Å². The molecule has 28 heavy (non-hydrogen) atoms. The second-order valence-electron chi connectivity index (χ2n) is 6.80. The summed E-state index contributed by atoms with van der Waals surface area (Å²) < 4.78 is 26.8. The minimum Gasteiger partial charge on any atom is -0.346 e. The first-order valence-corrected chi connectivity index (χ1v) is 10.4. The van der Waals surface area contributed by atoms with Gasteiger partial charge in [0.2, 0.25) is 15.9 Å². The maximum absolute atomic E-state index is 12.5. The molecule has 150 valence electrons. The molecule has 0 aliphatic carbocycles. The Hall–Kier alpha value is -2.71. The third-order valence-corrected chi connectivity index (χ3v) is 5.55. The predicted octanol–water partition coefficient (Wildman–Crippen LogP) is 2.82. The minimum absolute atomic E-state index is 0.105. The van der Waals surface area contributed by atoms with Crippen molar-refractivity contribution in [1.82, 2.24) is 10.0 Å². The van der Waals surface area contributed by atoms with E-state index in [-0.39, 0.29) is 28.8 Å². The fourth-order valence-electron chi connectivity index (χ4n) is 2.62. The Bertz CT molecular complexity index is 954. The third kappa shape index (κ3) is 5.90. The largest absolute Gasteiger partial charge is 0.346 e. The highest BCUT2D eigenvalue weighted by Crippen LogP contribution is 2.18. The molecule has 2 rings (SSSR count). The predicted molar refractivity (Wildman–Crippen MR) is 109 cm³/mol. The van der Waals surface area contributed by atoms with Crippen molar-refractivity contribution in [3.8, 4) is 0 Å². The molecule has 0 fully saturated rings. The number of hydrogen-bond donors (Lipinski definition) is 3. The van der Waals surface area contributed by atoms with E-state index < -0.39 is 10.0 Å². The third-order valence-electron chi connectivity index (χ3n) is 3.87. The van der Waals surface area contributed by atoms with Crippen molar-refractivity contribution in [2.45, 2.75) is 44.7 Å². The summed E-state index contributed by atoms with van der Waals surface area (Å²) in [5, 5.41) is 5.57. The molecule has 7 nitrogen and oxygen atoms in total. The molecule has 0 spiro atoms. The summed E-state index contributed by atoms with van der Waals surface area (Å²) in [4.78, 5) is 23.8. The number of amides is 2. The number of hydrogen-bond acceptors (Lipinski definition) is 4. The Labute approximate surface area is 165 Å². The van der Waals surface area contributed by atoms with Crippen LogP contribution >= 0.6 is 0 Å². The lowest BCUT2D eigenvalue weighted by atomic mass is 10.1. The molecule has 0 saturated carbocycles. The van der Waals surface area contributed by atoms with Crippen LogP contribution in [0.1, 0.15) is 49.7 Å². The SMILES string of the molecule is CC(=O)Nc1cccc(C(C)NC(=O)c2ccc(S(=O)(=O)NC(C)C)cc2)c1. The molecule has 0 heterocycles. The van der Waals surface area contributed by atoms with Gasteiger partial charge in [-0.05, 0) is 62.7 Å². The number of carbonyl (C=O) groups is 2. The van der Waals surface area contributed by atoms with Crippen LogP contribution in [0.25, 0.3) is 0 Å². The van der Waals surface area contributed by atoms with Crippen LogP contribution in [0.15, 0.2) is 53.4 Å². The van der Waals surface area contributed by atoms with Crippen LogP contribution in [0, 0.1) is 0 Å². The molecule has 0 aliphatic heterocycles. The zero-order valence-electron chi connectivity index (χ0n) is 16.3. The second-order valence-corrected chi connectivity index (χ2v) is 8.52. The van der Waals surface area contributed by atoms with Crippen molar-refractivity contribution < 1.29 is 18.0 Å². The van der Waals surface area contributed by atoms with Gasteiger partial charge in [0.05, 0.1) is 10.9 Å². The molecule has 2 aromatic rings. The van der Waals surface area contributed by atoms with Gasteiger partial charge in [0.15, 0.2) is 0 Å². The average molecular weight is 404 g/mol. The quantitative estimate of drug-likeness (QED) is 0.661. The average Bonchev–Trinajstić information content (AvgIpc) is 2.60. The van der Waals surface area contributed by atoms with Crippen LogP contribution in [-0.4, -0.2) is 26.3 Å². The lowest BCUT2D eigenvalue weighted by molar-refractivity contribution is -0.114. The zero-order chi connectivity index (χ0) is 20.9. The topological polar surface area (TPSA) is 104 Å². The van der Waals surface area contributed by atoms with Crippen LogP contribution in [0.4, 0.5) is 5.69 Å². The van der Waals surface area contributed by atoms with Crippen LogP contribution < -0.4 is 15.4 Å². The zero-order valence-corrected chi connectivity index (χ0v) is 17.1. The van der Waals surface area contributed by atoms with Crippen molar-refractivity contribution >= 4 is 27.5 Å². The first-order valence-electron chi connectivity index (χ1n) is 8.89. The van der Waals surface area contributed by atoms with Crippen molar-refractivity contribution in [2.75, 3.05) is 5.32 Å². The lowest BCUT2D eigenvalue weighted by Crippen LogP contribution is -2.30. The summed E-state index contributed by atoms with van der Waals surface area (Å²) in [5.41, 5.74) is 1.84. The number of nitrogens with one attached hydrogen (secondary N) is 3. The maximum atomic E-state index is 12.5. The summed E-state index contributed by atoms with van der Waals surface area (Å²) in [6, 6.07) is 12.4. The number of carbonyl (C=O) groups excluding carboxylic acids is 2. The normalized spacial score (nSPS) is 12.5. The van der Waals surface area contributed by atoms with Crippen molar-refractivity contribution in [3.63, 3.8) is 0 Å². The Kier molecular flexibility index (Phi) is 6.93. The van der Waals surface area contributed by atoms with Gasteiger partial charge in [0.1, 0.15) is 0 Å². The monoisotopic (exact) mass is 403 g/mol. The standard InChI is InChI=1S/C20H25N3O4S/c1-13(2)23-28(26,27)19-10-8-16(9-11-19)20(25)21-14(3)17-6-5-7-18(12-17)22-15(4)24/h5-14,23H,1-4H3,(H,21,25)(H,22,24). The molecular weight excluding hydrogens is 378 g/mol. The molecule has 0 bridgehead atoms. The van der Waals surface area contributed by atoms with Gasteiger partial charge < -0.3 is 10.6 Å². The number of benzene rings is 2. The molecule has 0 saturated heterocycles. The smallest absolute Gasteiger partial charge is 0.251 e. The van der Waals surface area contributed by atoms with Gasteiger partial charge in [0.25, 0.3) is 5.91 Å². The highest BCUT2D eigenvalue weighted by molar-refractivity contribution is 7.89. The van der Waals surface area contributed by atoms with E-state index >= 15 is 0 Å². The highest BCUT2D eigenvalue weighted by Gasteiger charge is 2.17. The molecule has 2 aromatic carbocycles. The van der Waals surface area contributed by atoms with E-state index in [1.165, 1.54) is 31.2 Å². The van der Waals surface area contributed by atoms with Gasteiger partial charge in [-0.3, -0.25) is 9.59 Å². The second kappa shape index (κ2) is 8.99. The van der Waals surface area contributed by atoms with E-state index in [2.05, 4.69) is 15.4 Å². The molecule has 0 aliphatic rings. The van der Waals surface area contributed by atoms with E-state index in [0.717, 1.165) is 5.56 Å². The number of sulfonamides is 1. The summed E-state index contributed by atoms with van der Waals surface area (Å²) >= 11 is 0. The van der Waals surface area contributed by atoms with Crippen LogP contribution in [0.3, 0.4) is 0 Å². The fraction of sp³-hybridized carbons (Fsp3) is 0.300. The molecule has 3 N–H and O–H groups in total. The molecule has 0 radical (unpaired) electrons. The van der Waals surface area contributed by atoms with Gasteiger partial charge in [-0.25, -0.2) is 13.1 Å². The van der Waals surface area contributed by atoms with E-state index in [0.29, 0.717) is 11.3 Å². The number of rotatable bonds is 7. The van der Waals surface area contributed by atoms with Gasteiger partial charge >= 0.3 is 0 Å². The van der Waals surface area contributed by atoms with E-state index in [1.807, 2.05) is 13.0 Å². The molecule has 2 amide bonds. The van der Waals surface area contributed by atoms with Gasteiger partial charge in [-0.1, -0.05) is 12.1 Å². The Morgan fingerprint density at radius 3 is 2.18 bits per heavy atom. The first kappa shape index (κ1) is 21.6. The molecular formula is C20H25N3O4S. The summed E-state index contributed by atoms with van der Waals surface area (Å²) in [5.74, 6) is -0.492. The van der Waals surface area contributed by atoms with E-state index in [9.17, 15) is 18.0 Å². The molecule has 0 aromatic heterocycles. The van der Waals surface area contributed by atoms with Gasteiger partial charge in [0, 0.05) is 24.2 Å². The first-order chi connectivity index (χ1) is 13.1. The van der Waals surface area contributed by atoms with Crippen molar-refractivity contribution in [2.24, 2.45) is 0 Å². The van der Waals surface area contributed by atoms with E-state index in [4.69, 9.17) is 0 Å². The minimum atomic E-state index is -3.60. The van der Waals surface area contributed by atoms with Gasteiger partial charge in [-0.2, -0.15) is 0 Å². The summed E-state index contributed by atoms with van der Waals surface area (Å²) in [6.45, 7) is 6.73. The van der Waals surface area contributed by atoms with Crippen LogP contribution in [0.5, 0.6) is 0 Å². The van der Waals surface area contributed by atoms with Crippen molar-refractivity contribution in [1.29, 1.82) is 0 Å². The maximum Gasteiger partial charge on any atom is 0.251 e. The summed E-state index contributed by atoms with van der Waals surface area (Å²) in [6.07, 6.45) is 0. The molecule has 1 unspecified atom stereocenters. The Morgan fingerprint density at radius 2 is 1.61 bits per heavy atom. The van der Waals surface area contributed by atoms with Gasteiger partial charge in [-0.15, -0.1) is 0 Å². The summed E-state index contributed by atoms with van der Waals surface area (Å²) in [7, 11) is -3.60. The van der Waals surface area contributed by atoms with E-state index in [1.54, 1.807) is 32.0 Å². The lowest BCUT2D eigenvalue weighted by Gasteiger charge is -2.16. The fourth-order valence-corrected chi connectivity index (χ4v) is 3.87. The Balaban J connectivity index is 2.09. The Morgan fingerprint density at radius 1 is 0.964 bits per heavy atom. The van der Waals surface area contributed by atoms with Crippen LogP contribution in [0.2, 0.25) is 0 Å².